The largest absolute Gasteiger partial charge is 0.354 e. The molecule has 0 spiro atoms. The number of amides is 1. The highest BCUT2D eigenvalue weighted by molar-refractivity contribution is 7.89. The first-order valence-corrected chi connectivity index (χ1v) is 12.5. The number of carbonyl (C=O) groups excluding carboxylic acids is 1. The van der Waals surface area contributed by atoms with Crippen molar-refractivity contribution in [2.75, 3.05) is 33.2 Å². The van der Waals surface area contributed by atoms with Gasteiger partial charge in [-0.1, -0.05) is 6.07 Å². The van der Waals surface area contributed by atoms with Crippen molar-refractivity contribution in [3.05, 3.63) is 52.5 Å². The Balaban J connectivity index is 1.46. The first-order valence-electron chi connectivity index (χ1n) is 10.1. The lowest BCUT2D eigenvalue weighted by Crippen LogP contribution is -2.36. The van der Waals surface area contributed by atoms with Crippen LogP contribution in [0.3, 0.4) is 0 Å². The first kappa shape index (κ1) is 22.9. The molecule has 0 aliphatic carbocycles. The Morgan fingerprint density at radius 3 is 2.57 bits per heavy atom. The summed E-state index contributed by atoms with van der Waals surface area (Å²) in [6, 6.07) is 9.07. The van der Waals surface area contributed by atoms with Crippen LogP contribution >= 0.6 is 11.3 Å². The highest BCUT2D eigenvalue weighted by atomic mass is 32.2. The fourth-order valence-electron chi connectivity index (χ4n) is 3.61. The molecule has 9 heteroatoms. The summed E-state index contributed by atoms with van der Waals surface area (Å²) in [5.74, 6) is -0.564. The Kier molecular flexibility index (Phi) is 7.99. The molecule has 1 aromatic heterocycles. The third-order valence-electron chi connectivity index (χ3n) is 5.34. The second kappa shape index (κ2) is 10.5. The lowest BCUT2D eigenvalue weighted by Gasteiger charge is -2.27. The van der Waals surface area contributed by atoms with Crippen molar-refractivity contribution in [3.63, 3.8) is 0 Å². The lowest BCUT2D eigenvalue weighted by molar-refractivity contribution is -0.121. The second-order valence-electron chi connectivity index (χ2n) is 7.46. The van der Waals surface area contributed by atoms with Crippen molar-refractivity contribution >= 4 is 27.3 Å². The van der Waals surface area contributed by atoms with Gasteiger partial charge in [0.1, 0.15) is 5.82 Å². The van der Waals surface area contributed by atoms with Crippen LogP contribution in [0.1, 0.15) is 36.6 Å². The van der Waals surface area contributed by atoms with Crippen molar-refractivity contribution in [1.29, 1.82) is 0 Å². The van der Waals surface area contributed by atoms with E-state index in [0.29, 0.717) is 13.0 Å². The number of rotatable bonds is 10. The highest BCUT2D eigenvalue weighted by Crippen LogP contribution is 2.27. The van der Waals surface area contributed by atoms with Gasteiger partial charge in [-0.25, -0.2) is 17.1 Å². The number of benzene rings is 1. The average Bonchev–Trinajstić information content (AvgIpc) is 3.43. The Morgan fingerprint density at radius 1 is 1.23 bits per heavy atom. The van der Waals surface area contributed by atoms with Crippen molar-refractivity contribution in [3.8, 4) is 0 Å². The molecule has 6 nitrogen and oxygen atoms in total. The summed E-state index contributed by atoms with van der Waals surface area (Å²) in [7, 11) is -2.22. The van der Waals surface area contributed by atoms with Gasteiger partial charge < -0.3 is 5.32 Å². The summed E-state index contributed by atoms with van der Waals surface area (Å²) in [4.78, 5) is 16.0. The molecule has 1 N–H and O–H groups in total. The van der Waals surface area contributed by atoms with Gasteiger partial charge in [-0.2, -0.15) is 0 Å². The molecule has 1 aliphatic heterocycles. The zero-order chi connectivity index (χ0) is 21.6. The van der Waals surface area contributed by atoms with Gasteiger partial charge in [0.2, 0.25) is 15.9 Å². The Bertz CT molecular complexity index is 911. The standard InChI is InChI=1S/C21H28FN3O3S2/c1-24(30(27,28)18-10-8-17(22)9-11-18)12-4-7-21(26)23-16-19(20-6-5-15-29-20)25-13-2-3-14-25/h5-6,8-11,15,19H,2-4,7,12-14,16H2,1H3,(H,23,26). The molecule has 30 heavy (non-hydrogen) atoms. The SMILES string of the molecule is CN(CCCC(=O)NCC(c1cccs1)N1CCCC1)S(=O)(=O)c1ccc(F)cc1. The van der Waals surface area contributed by atoms with E-state index in [1.807, 2.05) is 6.07 Å². The van der Waals surface area contributed by atoms with Crippen LogP contribution in [0.2, 0.25) is 0 Å². The van der Waals surface area contributed by atoms with Crippen LogP contribution in [-0.2, 0) is 14.8 Å². The van der Waals surface area contributed by atoms with Crippen LogP contribution in [0.4, 0.5) is 4.39 Å². The number of nitrogens with zero attached hydrogens (tertiary/aromatic N) is 2. The first-order chi connectivity index (χ1) is 14.4. The molecule has 3 rings (SSSR count). The minimum Gasteiger partial charge on any atom is -0.354 e. The fourth-order valence-corrected chi connectivity index (χ4v) is 5.68. The van der Waals surface area contributed by atoms with E-state index < -0.39 is 15.8 Å². The summed E-state index contributed by atoms with van der Waals surface area (Å²) in [5, 5.41) is 5.07. The van der Waals surface area contributed by atoms with E-state index in [2.05, 4.69) is 21.7 Å². The summed E-state index contributed by atoms with van der Waals surface area (Å²) in [5.41, 5.74) is 0. The quantitative estimate of drug-likeness (QED) is 0.600. The zero-order valence-corrected chi connectivity index (χ0v) is 18.7. The second-order valence-corrected chi connectivity index (χ2v) is 10.5. The summed E-state index contributed by atoms with van der Waals surface area (Å²) < 4.78 is 39.3. The third kappa shape index (κ3) is 5.87. The molecule has 1 aliphatic rings. The van der Waals surface area contributed by atoms with Crippen molar-refractivity contribution in [2.45, 2.75) is 36.6 Å². The summed E-state index contributed by atoms with van der Waals surface area (Å²) >= 11 is 1.70. The molecule has 2 aromatic rings. The average molecular weight is 454 g/mol. The minimum atomic E-state index is -3.69. The minimum absolute atomic E-state index is 0.0419. The van der Waals surface area contributed by atoms with Crippen LogP contribution in [0.15, 0.2) is 46.7 Å². The topological polar surface area (TPSA) is 69.7 Å². The van der Waals surface area contributed by atoms with Crippen molar-refractivity contribution in [1.82, 2.24) is 14.5 Å². The van der Waals surface area contributed by atoms with E-state index in [1.54, 1.807) is 11.3 Å². The van der Waals surface area contributed by atoms with E-state index in [-0.39, 0.29) is 29.8 Å². The van der Waals surface area contributed by atoms with Gasteiger partial charge in [0.05, 0.1) is 10.9 Å². The fraction of sp³-hybridized carbons (Fsp3) is 0.476. The molecule has 1 saturated heterocycles. The normalized spacial score (nSPS) is 16.1. The Morgan fingerprint density at radius 2 is 1.93 bits per heavy atom. The van der Waals surface area contributed by atoms with Gasteiger partial charge in [0.15, 0.2) is 0 Å². The van der Waals surface area contributed by atoms with E-state index in [9.17, 15) is 17.6 Å². The number of likely N-dealkylation sites (tertiary alicyclic amines) is 1. The highest BCUT2D eigenvalue weighted by Gasteiger charge is 2.25. The van der Waals surface area contributed by atoms with Gasteiger partial charge in [-0.15, -0.1) is 11.3 Å². The molecule has 1 aromatic carbocycles. The molecule has 1 atom stereocenters. The van der Waals surface area contributed by atoms with Gasteiger partial charge in [0.25, 0.3) is 0 Å². The molecule has 0 bridgehead atoms. The molecule has 1 amide bonds. The molecule has 1 unspecified atom stereocenters. The zero-order valence-electron chi connectivity index (χ0n) is 17.1. The maximum atomic E-state index is 13.0. The smallest absolute Gasteiger partial charge is 0.242 e. The number of nitrogens with one attached hydrogen (secondary N) is 1. The van der Waals surface area contributed by atoms with Crippen molar-refractivity contribution in [2.24, 2.45) is 0 Å². The van der Waals surface area contributed by atoms with Crippen LogP contribution in [0.25, 0.3) is 0 Å². The van der Waals surface area contributed by atoms with E-state index in [0.717, 1.165) is 25.2 Å². The molecular weight excluding hydrogens is 425 g/mol. The van der Waals surface area contributed by atoms with Gasteiger partial charge in [0, 0.05) is 31.4 Å². The number of hydrogen-bond donors (Lipinski definition) is 1. The van der Waals surface area contributed by atoms with Crippen LogP contribution in [0.5, 0.6) is 0 Å². The van der Waals surface area contributed by atoms with Crippen LogP contribution < -0.4 is 5.32 Å². The molecule has 0 saturated carbocycles. The van der Waals surface area contributed by atoms with Crippen LogP contribution in [-0.4, -0.2) is 56.8 Å². The maximum Gasteiger partial charge on any atom is 0.242 e. The molecular formula is C21H28FN3O3S2. The van der Waals surface area contributed by atoms with Gasteiger partial charge >= 0.3 is 0 Å². The predicted molar refractivity (Wildman–Crippen MR) is 116 cm³/mol. The van der Waals surface area contributed by atoms with E-state index in [1.165, 1.54) is 41.2 Å². The summed E-state index contributed by atoms with van der Waals surface area (Å²) in [6.45, 7) is 2.87. The van der Waals surface area contributed by atoms with Gasteiger partial charge in [-0.3, -0.25) is 9.69 Å². The van der Waals surface area contributed by atoms with Crippen molar-refractivity contribution < 1.29 is 17.6 Å². The maximum absolute atomic E-state index is 13.0. The predicted octanol–water partition coefficient (Wildman–Crippen LogP) is 3.24. The van der Waals surface area contributed by atoms with E-state index >= 15 is 0 Å². The third-order valence-corrected chi connectivity index (χ3v) is 8.19. The molecule has 1 fully saturated rings. The van der Waals surface area contributed by atoms with Crippen LogP contribution in [0, 0.1) is 5.82 Å². The monoisotopic (exact) mass is 453 g/mol. The number of halogens is 1. The number of carbonyl (C=O) groups is 1. The summed E-state index contributed by atoms with van der Waals surface area (Å²) in [6.07, 6.45) is 3.03. The van der Waals surface area contributed by atoms with E-state index in [4.69, 9.17) is 0 Å². The Hall–Kier alpha value is -1.81. The number of sulfonamides is 1. The van der Waals surface area contributed by atoms with Gasteiger partial charge in [-0.05, 0) is 68.1 Å². The molecule has 2 heterocycles. The lowest BCUT2D eigenvalue weighted by atomic mass is 10.2. The molecule has 164 valence electrons. The molecule has 0 radical (unpaired) electrons. The Labute approximate surface area is 181 Å². The number of hydrogen-bond acceptors (Lipinski definition) is 5. The number of thiophene rings is 1.